The smallest absolute Gasteiger partial charge is 0.261 e. The highest BCUT2D eigenvalue weighted by atomic mass is 32.2. The second-order valence-corrected chi connectivity index (χ2v) is 6.29. The fourth-order valence-corrected chi connectivity index (χ4v) is 2.86. The van der Waals surface area contributed by atoms with Gasteiger partial charge in [-0.15, -0.1) is 0 Å². The standard InChI is InChI=1S/C14H16N2O3S/c1-10-6-13(9-15-8-10)16-20(18,19)14-5-3-4-12(7-14)11(2)17/h3-9,11,16-17H,1-2H3. The topological polar surface area (TPSA) is 79.3 Å². The Morgan fingerprint density at radius 2 is 2.00 bits per heavy atom. The third-order valence-corrected chi connectivity index (χ3v) is 4.16. The third-order valence-electron chi connectivity index (χ3n) is 2.78. The van der Waals surface area contributed by atoms with Gasteiger partial charge in [-0.1, -0.05) is 12.1 Å². The third kappa shape index (κ3) is 3.34. The predicted octanol–water partition coefficient (Wildman–Crippen LogP) is 2.24. The number of rotatable bonds is 4. The number of hydrogen-bond acceptors (Lipinski definition) is 4. The van der Waals surface area contributed by atoms with Crippen molar-refractivity contribution in [3.05, 3.63) is 53.9 Å². The Labute approximate surface area is 118 Å². The molecule has 0 fully saturated rings. The average Bonchev–Trinajstić information content (AvgIpc) is 2.38. The molecule has 0 aliphatic carbocycles. The highest BCUT2D eigenvalue weighted by Crippen LogP contribution is 2.20. The Bertz CT molecular complexity index is 712. The van der Waals surface area contributed by atoms with Gasteiger partial charge in [0.2, 0.25) is 0 Å². The first-order valence-corrected chi connectivity index (χ1v) is 7.59. The van der Waals surface area contributed by atoms with Gasteiger partial charge in [0.1, 0.15) is 0 Å². The maximum atomic E-state index is 12.3. The molecular weight excluding hydrogens is 276 g/mol. The van der Waals surface area contributed by atoms with Gasteiger partial charge in [0.25, 0.3) is 10.0 Å². The van der Waals surface area contributed by atoms with Gasteiger partial charge in [-0.3, -0.25) is 9.71 Å². The number of anilines is 1. The molecule has 0 amide bonds. The van der Waals surface area contributed by atoms with Crippen LogP contribution in [0.3, 0.4) is 0 Å². The van der Waals surface area contributed by atoms with Crippen LogP contribution in [-0.4, -0.2) is 18.5 Å². The summed E-state index contributed by atoms with van der Waals surface area (Å²) in [5.74, 6) is 0. The molecule has 2 rings (SSSR count). The van der Waals surface area contributed by atoms with Crippen molar-refractivity contribution in [3.8, 4) is 0 Å². The summed E-state index contributed by atoms with van der Waals surface area (Å²) in [6, 6.07) is 7.92. The van der Waals surface area contributed by atoms with E-state index in [1.807, 2.05) is 6.92 Å². The van der Waals surface area contributed by atoms with Crippen LogP contribution in [0, 0.1) is 6.92 Å². The quantitative estimate of drug-likeness (QED) is 0.905. The second kappa shape index (κ2) is 5.60. The van der Waals surface area contributed by atoms with Crippen molar-refractivity contribution < 1.29 is 13.5 Å². The molecule has 0 aliphatic heterocycles. The van der Waals surface area contributed by atoms with Crippen LogP contribution in [0.25, 0.3) is 0 Å². The van der Waals surface area contributed by atoms with Crippen LogP contribution in [0.4, 0.5) is 5.69 Å². The zero-order chi connectivity index (χ0) is 14.8. The van der Waals surface area contributed by atoms with Crippen molar-refractivity contribution >= 4 is 15.7 Å². The van der Waals surface area contributed by atoms with Gasteiger partial charge in [0, 0.05) is 6.20 Å². The molecule has 2 aromatic rings. The van der Waals surface area contributed by atoms with Crippen LogP contribution in [0.2, 0.25) is 0 Å². The van der Waals surface area contributed by atoms with E-state index in [2.05, 4.69) is 9.71 Å². The first kappa shape index (κ1) is 14.5. The number of aliphatic hydroxyl groups excluding tert-OH is 1. The van der Waals surface area contributed by atoms with Crippen LogP contribution >= 0.6 is 0 Å². The lowest BCUT2D eigenvalue weighted by molar-refractivity contribution is 0.199. The van der Waals surface area contributed by atoms with Gasteiger partial charge in [-0.2, -0.15) is 0 Å². The Balaban J connectivity index is 2.33. The van der Waals surface area contributed by atoms with E-state index in [-0.39, 0.29) is 4.90 Å². The average molecular weight is 292 g/mol. The predicted molar refractivity (Wildman–Crippen MR) is 76.9 cm³/mol. The van der Waals surface area contributed by atoms with E-state index >= 15 is 0 Å². The number of aliphatic hydroxyl groups is 1. The van der Waals surface area contributed by atoms with Crippen molar-refractivity contribution in [1.29, 1.82) is 0 Å². The maximum Gasteiger partial charge on any atom is 0.261 e. The molecule has 0 spiro atoms. The number of nitrogens with one attached hydrogen (secondary N) is 1. The van der Waals surface area contributed by atoms with E-state index in [4.69, 9.17) is 0 Å². The lowest BCUT2D eigenvalue weighted by Crippen LogP contribution is -2.13. The Hall–Kier alpha value is -1.92. The summed E-state index contributed by atoms with van der Waals surface area (Å²) in [5, 5.41) is 9.51. The summed E-state index contributed by atoms with van der Waals surface area (Å²) in [6.45, 7) is 3.42. The molecule has 0 saturated carbocycles. The lowest BCUT2D eigenvalue weighted by Gasteiger charge is -2.10. The minimum atomic E-state index is -3.69. The number of aromatic nitrogens is 1. The highest BCUT2D eigenvalue weighted by Gasteiger charge is 2.15. The molecule has 1 atom stereocenters. The van der Waals surface area contributed by atoms with Crippen molar-refractivity contribution in [2.75, 3.05) is 4.72 Å². The zero-order valence-electron chi connectivity index (χ0n) is 11.2. The molecule has 5 nitrogen and oxygen atoms in total. The summed E-state index contributed by atoms with van der Waals surface area (Å²) < 4.78 is 27.0. The van der Waals surface area contributed by atoms with Gasteiger partial charge in [-0.25, -0.2) is 8.42 Å². The SMILES string of the molecule is Cc1cncc(NS(=O)(=O)c2cccc(C(C)O)c2)c1. The minimum absolute atomic E-state index is 0.109. The summed E-state index contributed by atoms with van der Waals surface area (Å²) >= 11 is 0. The fraction of sp³-hybridized carbons (Fsp3) is 0.214. The van der Waals surface area contributed by atoms with Gasteiger partial charge in [0.15, 0.2) is 0 Å². The van der Waals surface area contributed by atoms with E-state index in [1.165, 1.54) is 18.3 Å². The van der Waals surface area contributed by atoms with Crippen LogP contribution in [0.15, 0.2) is 47.6 Å². The van der Waals surface area contributed by atoms with Crippen molar-refractivity contribution in [2.24, 2.45) is 0 Å². The van der Waals surface area contributed by atoms with E-state index < -0.39 is 16.1 Å². The lowest BCUT2D eigenvalue weighted by atomic mass is 10.1. The molecule has 106 valence electrons. The van der Waals surface area contributed by atoms with Gasteiger partial charge >= 0.3 is 0 Å². The number of pyridine rings is 1. The van der Waals surface area contributed by atoms with E-state index in [9.17, 15) is 13.5 Å². The Kier molecular flexibility index (Phi) is 4.06. The first-order valence-electron chi connectivity index (χ1n) is 6.11. The summed E-state index contributed by atoms with van der Waals surface area (Å²) in [7, 11) is -3.69. The van der Waals surface area contributed by atoms with Gasteiger partial charge < -0.3 is 5.11 Å². The largest absolute Gasteiger partial charge is 0.389 e. The van der Waals surface area contributed by atoms with E-state index in [0.29, 0.717) is 11.3 Å². The normalized spacial score (nSPS) is 12.9. The molecule has 2 N–H and O–H groups in total. The first-order chi connectivity index (χ1) is 9.38. The monoisotopic (exact) mass is 292 g/mol. The molecular formula is C14H16N2O3S. The van der Waals surface area contributed by atoms with Crippen molar-refractivity contribution in [3.63, 3.8) is 0 Å². The fourth-order valence-electron chi connectivity index (χ4n) is 1.77. The minimum Gasteiger partial charge on any atom is -0.389 e. The number of nitrogens with zero attached hydrogens (tertiary/aromatic N) is 1. The molecule has 0 bridgehead atoms. The van der Waals surface area contributed by atoms with Crippen LogP contribution in [0.1, 0.15) is 24.2 Å². The number of aryl methyl sites for hydroxylation is 1. The van der Waals surface area contributed by atoms with Gasteiger partial charge in [-0.05, 0) is 43.2 Å². The van der Waals surface area contributed by atoms with Crippen molar-refractivity contribution in [2.45, 2.75) is 24.8 Å². The van der Waals surface area contributed by atoms with Crippen LogP contribution < -0.4 is 4.72 Å². The van der Waals surface area contributed by atoms with Crippen molar-refractivity contribution in [1.82, 2.24) is 4.98 Å². The zero-order valence-corrected chi connectivity index (χ0v) is 12.1. The molecule has 0 aliphatic rings. The van der Waals surface area contributed by atoms with Gasteiger partial charge in [0.05, 0.1) is 22.9 Å². The highest BCUT2D eigenvalue weighted by molar-refractivity contribution is 7.92. The summed E-state index contributed by atoms with van der Waals surface area (Å²) in [5.41, 5.74) is 1.82. The summed E-state index contributed by atoms with van der Waals surface area (Å²) in [4.78, 5) is 4.05. The molecule has 1 aromatic carbocycles. The molecule has 1 heterocycles. The number of sulfonamides is 1. The number of hydrogen-bond donors (Lipinski definition) is 2. The Morgan fingerprint density at radius 3 is 2.65 bits per heavy atom. The van der Waals surface area contributed by atoms with E-state index in [1.54, 1.807) is 31.3 Å². The number of benzene rings is 1. The van der Waals surface area contributed by atoms with Crippen LogP contribution in [-0.2, 0) is 10.0 Å². The second-order valence-electron chi connectivity index (χ2n) is 4.60. The molecule has 20 heavy (non-hydrogen) atoms. The molecule has 0 radical (unpaired) electrons. The Morgan fingerprint density at radius 1 is 1.25 bits per heavy atom. The van der Waals surface area contributed by atoms with Crippen LogP contribution in [0.5, 0.6) is 0 Å². The molecule has 0 saturated heterocycles. The maximum absolute atomic E-state index is 12.3. The summed E-state index contributed by atoms with van der Waals surface area (Å²) in [6.07, 6.45) is 2.38. The molecule has 1 aromatic heterocycles. The molecule has 6 heteroatoms. The van der Waals surface area contributed by atoms with E-state index in [0.717, 1.165) is 5.56 Å². The molecule has 1 unspecified atom stereocenters.